The number of anilines is 2. The van der Waals surface area contributed by atoms with Crippen molar-refractivity contribution in [2.24, 2.45) is 0 Å². The first-order valence-electron chi connectivity index (χ1n) is 7.68. The minimum atomic E-state index is 0.529. The maximum Gasteiger partial charge on any atom is 0.185 e. The van der Waals surface area contributed by atoms with Gasteiger partial charge in [-0.3, -0.25) is 0 Å². The molecular weight excluding hydrogens is 278 g/mol. The molecule has 0 amide bonds. The summed E-state index contributed by atoms with van der Waals surface area (Å²) in [5.74, 6) is 0.529. The highest BCUT2D eigenvalue weighted by Crippen LogP contribution is 2.26. The van der Waals surface area contributed by atoms with Crippen molar-refractivity contribution in [1.82, 2.24) is 4.98 Å². The fourth-order valence-electron chi connectivity index (χ4n) is 2.36. The van der Waals surface area contributed by atoms with E-state index in [-0.39, 0.29) is 0 Å². The third-order valence-electron chi connectivity index (χ3n) is 3.61. The minimum Gasteiger partial charge on any atom is -0.380 e. The number of thiazole rings is 1. The summed E-state index contributed by atoms with van der Waals surface area (Å²) in [6.07, 6.45) is 1.99. The third kappa shape index (κ3) is 3.97. The van der Waals surface area contributed by atoms with Gasteiger partial charge in [-0.25, -0.2) is 4.98 Å². The molecule has 0 fully saturated rings. The molecule has 0 aliphatic heterocycles. The lowest BCUT2D eigenvalue weighted by atomic mass is 10.0. The number of hydrogen-bond acceptors (Lipinski definition) is 4. The molecule has 0 atom stereocenters. The van der Waals surface area contributed by atoms with Gasteiger partial charge < -0.3 is 10.2 Å². The summed E-state index contributed by atoms with van der Waals surface area (Å²) < 4.78 is 0. The third-order valence-corrected chi connectivity index (χ3v) is 4.67. The molecule has 0 bridgehead atoms. The molecular formula is C17H25N3S. The molecule has 0 spiro atoms. The van der Waals surface area contributed by atoms with Gasteiger partial charge in [0.1, 0.15) is 0 Å². The Morgan fingerprint density at radius 3 is 2.57 bits per heavy atom. The molecule has 1 aromatic carbocycles. The molecule has 0 unspecified atom stereocenters. The van der Waals surface area contributed by atoms with Gasteiger partial charge in [0.25, 0.3) is 0 Å². The van der Waals surface area contributed by atoms with Crippen molar-refractivity contribution in [3.8, 4) is 0 Å². The van der Waals surface area contributed by atoms with Gasteiger partial charge in [-0.05, 0) is 31.4 Å². The van der Waals surface area contributed by atoms with Gasteiger partial charge in [0.05, 0.1) is 6.54 Å². The van der Waals surface area contributed by atoms with E-state index in [1.807, 2.05) is 6.20 Å². The lowest BCUT2D eigenvalue weighted by molar-refractivity contribution is 0.860. The number of para-hydroxylation sites is 1. The highest BCUT2D eigenvalue weighted by molar-refractivity contribution is 7.15. The summed E-state index contributed by atoms with van der Waals surface area (Å²) in [4.78, 5) is 8.09. The lowest BCUT2D eigenvalue weighted by Gasteiger charge is -2.16. The van der Waals surface area contributed by atoms with Crippen LogP contribution in [0.5, 0.6) is 0 Å². The van der Waals surface area contributed by atoms with Crippen LogP contribution in [0.1, 0.15) is 44.1 Å². The molecule has 3 nitrogen and oxygen atoms in total. The van der Waals surface area contributed by atoms with Gasteiger partial charge in [-0.1, -0.05) is 32.0 Å². The topological polar surface area (TPSA) is 28.2 Å². The van der Waals surface area contributed by atoms with E-state index in [0.717, 1.165) is 24.8 Å². The normalized spacial score (nSPS) is 10.9. The Hall–Kier alpha value is -1.55. The number of benzene rings is 1. The summed E-state index contributed by atoms with van der Waals surface area (Å²) in [6, 6.07) is 8.54. The average molecular weight is 303 g/mol. The second-order valence-electron chi connectivity index (χ2n) is 5.38. The van der Waals surface area contributed by atoms with E-state index in [2.05, 4.69) is 67.2 Å². The van der Waals surface area contributed by atoms with Crippen LogP contribution in [0.15, 0.2) is 30.5 Å². The summed E-state index contributed by atoms with van der Waals surface area (Å²) in [6.45, 7) is 11.6. The van der Waals surface area contributed by atoms with Crippen LogP contribution in [0, 0.1) is 0 Å². The molecule has 0 aliphatic carbocycles. The largest absolute Gasteiger partial charge is 0.380 e. The van der Waals surface area contributed by atoms with Crippen molar-refractivity contribution in [3.05, 3.63) is 40.9 Å². The van der Waals surface area contributed by atoms with Crippen molar-refractivity contribution in [1.29, 1.82) is 0 Å². The number of nitrogens with zero attached hydrogens (tertiary/aromatic N) is 2. The van der Waals surface area contributed by atoms with Gasteiger partial charge in [-0.2, -0.15) is 0 Å². The van der Waals surface area contributed by atoms with Crippen molar-refractivity contribution in [2.75, 3.05) is 23.3 Å². The molecule has 0 saturated heterocycles. The summed E-state index contributed by atoms with van der Waals surface area (Å²) in [5, 5.41) is 4.67. The Bertz CT molecular complexity index is 559. The first-order valence-corrected chi connectivity index (χ1v) is 8.49. The molecule has 0 radical (unpaired) electrons. The molecule has 0 saturated carbocycles. The Morgan fingerprint density at radius 2 is 1.90 bits per heavy atom. The second kappa shape index (κ2) is 7.46. The lowest BCUT2D eigenvalue weighted by Crippen LogP contribution is -2.21. The van der Waals surface area contributed by atoms with Crippen molar-refractivity contribution in [3.63, 3.8) is 0 Å². The molecule has 2 aromatic rings. The van der Waals surface area contributed by atoms with Crippen molar-refractivity contribution in [2.45, 2.75) is 40.2 Å². The van der Waals surface area contributed by atoms with Gasteiger partial charge in [-0.15, -0.1) is 11.3 Å². The number of aromatic nitrogens is 1. The van der Waals surface area contributed by atoms with E-state index >= 15 is 0 Å². The van der Waals surface area contributed by atoms with Crippen molar-refractivity contribution >= 4 is 22.2 Å². The van der Waals surface area contributed by atoms with Crippen LogP contribution >= 0.6 is 11.3 Å². The van der Waals surface area contributed by atoms with Crippen LogP contribution in [-0.2, 0) is 6.54 Å². The summed E-state index contributed by atoms with van der Waals surface area (Å²) in [7, 11) is 0. The quantitative estimate of drug-likeness (QED) is 0.802. The van der Waals surface area contributed by atoms with Gasteiger partial charge in [0.15, 0.2) is 5.13 Å². The zero-order valence-corrected chi connectivity index (χ0v) is 14.2. The Balaban J connectivity index is 2.04. The molecule has 1 heterocycles. The smallest absolute Gasteiger partial charge is 0.185 e. The van der Waals surface area contributed by atoms with E-state index in [1.165, 1.54) is 16.1 Å². The number of nitrogens with one attached hydrogen (secondary N) is 1. The molecule has 1 aromatic heterocycles. The summed E-state index contributed by atoms with van der Waals surface area (Å²) in [5.41, 5.74) is 2.59. The van der Waals surface area contributed by atoms with E-state index in [1.54, 1.807) is 11.3 Å². The van der Waals surface area contributed by atoms with Gasteiger partial charge >= 0.3 is 0 Å². The SMILES string of the molecule is CCN(CC)c1ncc(CNc2ccccc2C(C)C)s1. The highest BCUT2D eigenvalue weighted by atomic mass is 32.1. The van der Waals surface area contributed by atoms with Crippen LogP contribution in [0.3, 0.4) is 0 Å². The summed E-state index contributed by atoms with van der Waals surface area (Å²) >= 11 is 1.78. The Morgan fingerprint density at radius 1 is 1.19 bits per heavy atom. The van der Waals surface area contributed by atoms with Gasteiger partial charge in [0, 0.05) is 29.9 Å². The highest BCUT2D eigenvalue weighted by Gasteiger charge is 2.09. The predicted molar refractivity (Wildman–Crippen MR) is 93.5 cm³/mol. The molecule has 1 N–H and O–H groups in total. The Kier molecular flexibility index (Phi) is 5.62. The number of hydrogen-bond donors (Lipinski definition) is 1. The molecule has 4 heteroatoms. The zero-order chi connectivity index (χ0) is 15.2. The van der Waals surface area contributed by atoms with E-state index in [0.29, 0.717) is 5.92 Å². The van der Waals surface area contributed by atoms with Crippen LogP contribution in [0.4, 0.5) is 10.8 Å². The maximum atomic E-state index is 4.53. The van der Waals surface area contributed by atoms with Gasteiger partial charge in [0.2, 0.25) is 0 Å². The fraction of sp³-hybridized carbons (Fsp3) is 0.471. The molecule has 114 valence electrons. The van der Waals surface area contributed by atoms with E-state index < -0.39 is 0 Å². The van der Waals surface area contributed by atoms with Crippen molar-refractivity contribution < 1.29 is 0 Å². The minimum absolute atomic E-state index is 0.529. The average Bonchev–Trinajstić information content (AvgIpc) is 2.95. The second-order valence-corrected chi connectivity index (χ2v) is 6.47. The molecule has 21 heavy (non-hydrogen) atoms. The van der Waals surface area contributed by atoms with Crippen LogP contribution < -0.4 is 10.2 Å². The van der Waals surface area contributed by atoms with Crippen LogP contribution in [0.25, 0.3) is 0 Å². The standard InChI is InChI=1S/C17H25N3S/c1-5-20(6-2)17-19-12-14(21-17)11-18-16-10-8-7-9-15(16)13(3)4/h7-10,12-13,18H,5-6,11H2,1-4H3. The van der Waals surface area contributed by atoms with E-state index in [4.69, 9.17) is 0 Å². The first-order chi connectivity index (χ1) is 10.2. The first kappa shape index (κ1) is 15.8. The zero-order valence-electron chi connectivity index (χ0n) is 13.4. The number of rotatable bonds is 7. The Labute approximate surface area is 132 Å². The molecule has 2 rings (SSSR count). The fourth-order valence-corrected chi connectivity index (χ4v) is 3.34. The molecule has 0 aliphatic rings. The maximum absolute atomic E-state index is 4.53. The predicted octanol–water partition coefficient (Wildman–Crippen LogP) is 4.72. The van der Waals surface area contributed by atoms with E-state index in [9.17, 15) is 0 Å². The monoisotopic (exact) mass is 303 g/mol. The van der Waals surface area contributed by atoms with Crippen LogP contribution in [-0.4, -0.2) is 18.1 Å². The van der Waals surface area contributed by atoms with Crippen LogP contribution in [0.2, 0.25) is 0 Å².